The number of thioether (sulfide) groups is 1. The Kier molecular flexibility index (Phi) is 3.18. The van der Waals surface area contributed by atoms with Crippen LogP contribution in [0, 0.1) is 5.41 Å². The van der Waals surface area contributed by atoms with Gasteiger partial charge in [-0.3, -0.25) is 5.01 Å². The van der Waals surface area contributed by atoms with Crippen molar-refractivity contribution in [3.63, 3.8) is 0 Å². The lowest BCUT2D eigenvalue weighted by molar-refractivity contribution is 0.105. The fraction of sp³-hybridized carbons (Fsp3) is 0.750. The molecule has 0 saturated carbocycles. The molecule has 1 aliphatic heterocycles. The molecule has 0 bridgehead atoms. The Morgan fingerprint density at radius 3 is 2.43 bits per heavy atom. The van der Waals surface area contributed by atoms with E-state index in [-0.39, 0.29) is 5.41 Å². The van der Waals surface area contributed by atoms with Gasteiger partial charge in [0.2, 0.25) is 5.17 Å². The zero-order valence-corrected chi connectivity index (χ0v) is 9.67. The normalized spacial score (nSPS) is 23.3. The summed E-state index contributed by atoms with van der Waals surface area (Å²) in [4.78, 5) is 0. The molecule has 14 heavy (non-hydrogen) atoms. The Hall–Kier alpha value is -0.590. The van der Waals surface area contributed by atoms with E-state index in [0.29, 0.717) is 10.9 Å². The predicted octanol–water partition coefficient (Wildman–Crippen LogP) is 0.615. The summed E-state index contributed by atoms with van der Waals surface area (Å²) in [7, 11) is 0. The Labute approximate surface area is 88.0 Å². The third kappa shape index (κ3) is 2.08. The highest BCUT2D eigenvalue weighted by Crippen LogP contribution is 2.23. The van der Waals surface area contributed by atoms with Crippen molar-refractivity contribution in [3.05, 3.63) is 0 Å². The molecule has 0 fully saturated rings. The third-order valence-electron chi connectivity index (χ3n) is 1.92. The van der Waals surface area contributed by atoms with Crippen LogP contribution in [0.3, 0.4) is 0 Å². The van der Waals surface area contributed by atoms with Crippen molar-refractivity contribution in [1.82, 2.24) is 5.01 Å². The molecule has 0 spiro atoms. The highest BCUT2D eigenvalue weighted by molar-refractivity contribution is 8.13. The van der Waals surface area contributed by atoms with E-state index in [9.17, 15) is 5.11 Å². The van der Waals surface area contributed by atoms with E-state index in [1.54, 1.807) is 0 Å². The van der Waals surface area contributed by atoms with Crippen molar-refractivity contribution in [3.8, 4) is 0 Å². The van der Waals surface area contributed by atoms with Gasteiger partial charge in [0.15, 0.2) is 6.23 Å². The molecule has 1 heterocycles. The second kappa shape index (κ2) is 3.88. The maximum atomic E-state index is 9.85. The number of hydrogen-bond acceptors (Lipinski definition) is 6. The number of hydrogen-bond donors (Lipinski definition) is 2. The standard InChI is InChI=1S/C8H16N4OS/c1-8(2,3)5-6(13)12(9)7(14-4)11-10-5/h6,13H,9H2,1-4H3. The molecule has 3 N–H and O–H groups in total. The molecule has 0 aromatic rings. The molecule has 0 radical (unpaired) electrons. The van der Waals surface area contributed by atoms with Gasteiger partial charge < -0.3 is 5.11 Å². The van der Waals surface area contributed by atoms with Gasteiger partial charge in [0.25, 0.3) is 0 Å². The summed E-state index contributed by atoms with van der Waals surface area (Å²) in [6.07, 6.45) is 0.957. The molecule has 0 aromatic heterocycles. The van der Waals surface area contributed by atoms with Gasteiger partial charge in [0.1, 0.15) is 0 Å². The lowest BCUT2D eigenvalue weighted by Gasteiger charge is -2.33. The minimum Gasteiger partial charge on any atom is -0.367 e. The molecule has 0 aliphatic carbocycles. The second-order valence-corrected chi connectivity index (χ2v) is 4.88. The number of amidine groups is 1. The minimum atomic E-state index is -0.880. The van der Waals surface area contributed by atoms with Crippen LogP contribution in [0.2, 0.25) is 0 Å². The summed E-state index contributed by atoms with van der Waals surface area (Å²) in [5.41, 5.74) is 0.350. The van der Waals surface area contributed by atoms with Crippen LogP contribution in [0.1, 0.15) is 20.8 Å². The van der Waals surface area contributed by atoms with Gasteiger partial charge in [0.05, 0.1) is 5.71 Å². The number of aliphatic hydroxyl groups excluding tert-OH is 1. The number of hydrazine groups is 1. The molecule has 0 saturated heterocycles. The van der Waals surface area contributed by atoms with Crippen molar-refractivity contribution in [2.45, 2.75) is 27.0 Å². The van der Waals surface area contributed by atoms with Crippen LogP contribution in [0.4, 0.5) is 0 Å². The molecular weight excluding hydrogens is 200 g/mol. The highest BCUT2D eigenvalue weighted by Gasteiger charge is 2.33. The van der Waals surface area contributed by atoms with Crippen LogP contribution in [0.25, 0.3) is 0 Å². The van der Waals surface area contributed by atoms with Gasteiger partial charge in [-0.25, -0.2) is 5.84 Å². The van der Waals surface area contributed by atoms with Gasteiger partial charge in [-0.2, -0.15) is 5.10 Å². The summed E-state index contributed by atoms with van der Waals surface area (Å²) in [5.74, 6) is 5.67. The Bertz CT molecular complexity index is 282. The molecule has 80 valence electrons. The fourth-order valence-corrected chi connectivity index (χ4v) is 1.55. The Morgan fingerprint density at radius 2 is 2.00 bits per heavy atom. The summed E-state index contributed by atoms with van der Waals surface area (Å²) in [6.45, 7) is 5.88. The Balaban J connectivity index is 3.00. The molecule has 1 rings (SSSR count). The van der Waals surface area contributed by atoms with Gasteiger partial charge >= 0.3 is 0 Å². The largest absolute Gasteiger partial charge is 0.367 e. The fourth-order valence-electron chi connectivity index (χ4n) is 1.12. The van der Waals surface area contributed by atoms with Crippen molar-refractivity contribution in [2.24, 2.45) is 21.5 Å². The van der Waals surface area contributed by atoms with Crippen LogP contribution < -0.4 is 5.84 Å². The minimum absolute atomic E-state index is 0.232. The van der Waals surface area contributed by atoms with E-state index in [4.69, 9.17) is 5.84 Å². The average Bonchev–Trinajstić information content (AvgIpc) is 2.07. The van der Waals surface area contributed by atoms with E-state index >= 15 is 0 Å². The first-order valence-corrected chi connectivity index (χ1v) is 5.52. The first kappa shape index (κ1) is 11.5. The van der Waals surface area contributed by atoms with E-state index < -0.39 is 6.23 Å². The maximum Gasteiger partial charge on any atom is 0.202 e. The van der Waals surface area contributed by atoms with Crippen LogP contribution in [0.15, 0.2) is 10.2 Å². The van der Waals surface area contributed by atoms with E-state index in [2.05, 4.69) is 10.2 Å². The first-order chi connectivity index (χ1) is 6.38. The van der Waals surface area contributed by atoms with Crippen LogP contribution in [0.5, 0.6) is 0 Å². The number of aliphatic hydroxyl groups is 1. The predicted molar refractivity (Wildman–Crippen MR) is 59.9 cm³/mol. The zero-order valence-electron chi connectivity index (χ0n) is 8.85. The SMILES string of the molecule is CSC1=NN=C(C(C)(C)C)C(O)N1N. The molecule has 1 aliphatic rings. The molecule has 1 unspecified atom stereocenters. The average molecular weight is 216 g/mol. The van der Waals surface area contributed by atoms with Crippen molar-refractivity contribution < 1.29 is 5.11 Å². The summed E-state index contributed by atoms with van der Waals surface area (Å²) in [6, 6.07) is 0. The second-order valence-electron chi connectivity index (χ2n) is 4.10. The van der Waals surface area contributed by atoms with Crippen LogP contribution in [-0.2, 0) is 0 Å². The quantitative estimate of drug-likeness (QED) is 0.582. The van der Waals surface area contributed by atoms with Crippen molar-refractivity contribution in [1.29, 1.82) is 0 Å². The van der Waals surface area contributed by atoms with Crippen LogP contribution in [-0.4, -0.2) is 33.5 Å². The van der Waals surface area contributed by atoms with E-state index in [1.165, 1.54) is 16.8 Å². The molecular formula is C8H16N4OS. The summed E-state index contributed by atoms with van der Waals surface area (Å²) in [5, 5.41) is 19.5. The van der Waals surface area contributed by atoms with Gasteiger partial charge in [-0.05, 0) is 6.26 Å². The molecule has 0 aromatic carbocycles. The monoisotopic (exact) mass is 216 g/mol. The van der Waals surface area contributed by atoms with E-state index in [0.717, 1.165) is 0 Å². The Morgan fingerprint density at radius 1 is 1.43 bits per heavy atom. The smallest absolute Gasteiger partial charge is 0.202 e. The summed E-state index contributed by atoms with van der Waals surface area (Å²) >= 11 is 1.35. The van der Waals surface area contributed by atoms with E-state index in [1.807, 2.05) is 27.0 Å². The van der Waals surface area contributed by atoms with Crippen LogP contribution >= 0.6 is 11.8 Å². The number of rotatable bonds is 0. The van der Waals surface area contributed by atoms with Gasteiger partial charge in [-0.15, -0.1) is 5.10 Å². The lowest BCUT2D eigenvalue weighted by Crippen LogP contribution is -2.53. The maximum absolute atomic E-state index is 9.85. The molecule has 0 amide bonds. The molecule has 5 nitrogen and oxygen atoms in total. The summed E-state index contributed by atoms with van der Waals surface area (Å²) < 4.78 is 0. The van der Waals surface area contributed by atoms with Gasteiger partial charge in [0, 0.05) is 5.41 Å². The molecule has 1 atom stereocenters. The molecule has 6 heteroatoms. The topological polar surface area (TPSA) is 74.2 Å². The zero-order chi connectivity index (χ0) is 10.9. The highest BCUT2D eigenvalue weighted by atomic mass is 32.2. The number of nitrogens with zero attached hydrogens (tertiary/aromatic N) is 3. The lowest BCUT2D eigenvalue weighted by atomic mass is 9.88. The first-order valence-electron chi connectivity index (χ1n) is 4.30. The van der Waals surface area contributed by atoms with Crippen molar-refractivity contribution in [2.75, 3.05) is 6.26 Å². The third-order valence-corrected chi connectivity index (χ3v) is 2.58. The van der Waals surface area contributed by atoms with Gasteiger partial charge in [-0.1, -0.05) is 32.5 Å². The number of nitrogens with two attached hydrogens (primary N) is 1. The van der Waals surface area contributed by atoms with Crippen molar-refractivity contribution >= 4 is 22.6 Å².